The lowest BCUT2D eigenvalue weighted by Crippen LogP contribution is -2.37. The van der Waals surface area contributed by atoms with Gasteiger partial charge in [0.1, 0.15) is 18.0 Å². The first kappa shape index (κ1) is 13.8. The van der Waals surface area contributed by atoms with E-state index in [4.69, 9.17) is 10.00 Å². The number of hydrogen-bond donors (Lipinski definition) is 1. The van der Waals surface area contributed by atoms with Crippen molar-refractivity contribution >= 4 is 5.91 Å². The molecule has 1 rings (SSSR count). The van der Waals surface area contributed by atoms with Gasteiger partial charge < -0.3 is 14.7 Å². The van der Waals surface area contributed by atoms with Gasteiger partial charge in [0.15, 0.2) is 0 Å². The van der Waals surface area contributed by atoms with Crippen molar-refractivity contribution in [1.82, 2.24) is 4.90 Å². The summed E-state index contributed by atoms with van der Waals surface area (Å²) in [5.74, 6) is -0.0239. The third kappa shape index (κ3) is 2.92. The second-order valence-corrected chi connectivity index (χ2v) is 4.07. The van der Waals surface area contributed by atoms with Crippen LogP contribution in [0.25, 0.3) is 0 Å². The highest BCUT2D eigenvalue weighted by atomic mass is 16.5. The normalized spacial score (nSPS) is 9.94. The van der Waals surface area contributed by atoms with Crippen molar-refractivity contribution in [2.75, 3.05) is 13.7 Å². The Morgan fingerprint density at radius 1 is 1.56 bits per heavy atom. The zero-order valence-electron chi connectivity index (χ0n) is 10.7. The van der Waals surface area contributed by atoms with Gasteiger partial charge in [0.05, 0.1) is 18.7 Å². The summed E-state index contributed by atoms with van der Waals surface area (Å²) in [6.45, 7) is 3.60. The molecule has 0 aromatic heterocycles. The number of nitriles is 1. The highest BCUT2D eigenvalue weighted by Crippen LogP contribution is 2.24. The molecule has 18 heavy (non-hydrogen) atoms. The first-order chi connectivity index (χ1) is 8.51. The Labute approximate surface area is 106 Å². The number of benzene rings is 1. The Balaban J connectivity index is 3.12. The number of amides is 1. The Kier molecular flexibility index (Phi) is 4.55. The van der Waals surface area contributed by atoms with Crippen LogP contribution in [0.1, 0.15) is 24.2 Å². The molecule has 0 fully saturated rings. The maximum atomic E-state index is 12.2. The molecule has 1 amide bonds. The van der Waals surface area contributed by atoms with Crippen LogP contribution in [-0.4, -0.2) is 35.6 Å². The number of hydrogen-bond acceptors (Lipinski definition) is 4. The van der Waals surface area contributed by atoms with Gasteiger partial charge in [-0.2, -0.15) is 5.26 Å². The molecule has 0 aliphatic heterocycles. The molecule has 1 N–H and O–H groups in total. The van der Waals surface area contributed by atoms with E-state index in [1.807, 2.05) is 19.9 Å². The maximum absolute atomic E-state index is 12.2. The molecule has 96 valence electrons. The lowest BCUT2D eigenvalue weighted by Gasteiger charge is -2.24. The molecular formula is C13H16N2O3. The van der Waals surface area contributed by atoms with E-state index >= 15 is 0 Å². The lowest BCUT2D eigenvalue weighted by atomic mass is 10.1. The topological polar surface area (TPSA) is 73.6 Å². The fourth-order valence-electron chi connectivity index (χ4n) is 1.53. The second kappa shape index (κ2) is 5.92. The first-order valence-corrected chi connectivity index (χ1v) is 5.56. The molecule has 0 heterocycles. The van der Waals surface area contributed by atoms with Crippen LogP contribution in [0.5, 0.6) is 11.5 Å². The number of phenols is 1. The number of carbonyl (C=O) groups excluding carboxylic acids is 1. The third-order valence-electron chi connectivity index (χ3n) is 2.56. The summed E-state index contributed by atoms with van der Waals surface area (Å²) in [6.07, 6.45) is 0. The molecule has 0 radical (unpaired) electrons. The number of phenolic OH excluding ortho intramolecular Hbond substituents is 1. The number of rotatable bonds is 4. The summed E-state index contributed by atoms with van der Waals surface area (Å²) in [5, 5.41) is 18.4. The minimum atomic E-state index is -0.386. The van der Waals surface area contributed by atoms with Crippen molar-refractivity contribution in [1.29, 1.82) is 5.26 Å². The minimum Gasteiger partial charge on any atom is -0.507 e. The van der Waals surface area contributed by atoms with E-state index in [-0.39, 0.29) is 29.8 Å². The molecule has 0 aliphatic carbocycles. The molecule has 0 saturated heterocycles. The lowest BCUT2D eigenvalue weighted by molar-refractivity contribution is 0.0728. The molecule has 1 aromatic carbocycles. The van der Waals surface area contributed by atoms with E-state index < -0.39 is 0 Å². The molecule has 1 aromatic rings. The Bertz CT molecular complexity index is 478. The van der Waals surface area contributed by atoms with Gasteiger partial charge in [-0.25, -0.2) is 0 Å². The SMILES string of the molecule is COc1ccc(O)c(C(=O)N(CC#N)C(C)C)c1. The zero-order chi connectivity index (χ0) is 13.7. The summed E-state index contributed by atoms with van der Waals surface area (Å²) in [6, 6.07) is 6.25. The minimum absolute atomic E-state index is 0.0207. The highest BCUT2D eigenvalue weighted by Gasteiger charge is 2.21. The molecule has 0 bridgehead atoms. The molecule has 0 aliphatic rings. The average molecular weight is 248 g/mol. The Hall–Kier alpha value is -2.22. The highest BCUT2D eigenvalue weighted by molar-refractivity contribution is 5.97. The van der Waals surface area contributed by atoms with Gasteiger partial charge in [-0.15, -0.1) is 0 Å². The predicted octanol–water partition coefficient (Wildman–Crippen LogP) is 1.77. The second-order valence-electron chi connectivity index (χ2n) is 4.07. The van der Waals surface area contributed by atoms with Crippen LogP contribution in [0.4, 0.5) is 0 Å². The van der Waals surface area contributed by atoms with Crippen LogP contribution in [0.2, 0.25) is 0 Å². The predicted molar refractivity (Wildman–Crippen MR) is 66.4 cm³/mol. The summed E-state index contributed by atoms with van der Waals surface area (Å²) < 4.78 is 5.01. The van der Waals surface area contributed by atoms with E-state index in [9.17, 15) is 9.90 Å². The van der Waals surface area contributed by atoms with Gasteiger partial charge in [0.25, 0.3) is 5.91 Å². The monoisotopic (exact) mass is 248 g/mol. The summed E-state index contributed by atoms with van der Waals surface area (Å²) in [7, 11) is 1.48. The molecule has 0 saturated carbocycles. The number of ether oxygens (including phenoxy) is 1. The fourth-order valence-corrected chi connectivity index (χ4v) is 1.53. The van der Waals surface area contributed by atoms with Gasteiger partial charge in [0.2, 0.25) is 0 Å². The van der Waals surface area contributed by atoms with Gasteiger partial charge in [-0.05, 0) is 32.0 Å². The Morgan fingerprint density at radius 2 is 2.22 bits per heavy atom. The van der Waals surface area contributed by atoms with Crippen LogP contribution >= 0.6 is 0 Å². The number of carbonyl (C=O) groups is 1. The first-order valence-electron chi connectivity index (χ1n) is 5.56. The molecule has 0 atom stereocenters. The van der Waals surface area contributed by atoms with Crippen molar-refractivity contribution in [3.05, 3.63) is 23.8 Å². The van der Waals surface area contributed by atoms with Crippen LogP contribution in [0, 0.1) is 11.3 Å². The van der Waals surface area contributed by atoms with Crippen molar-refractivity contribution in [3.8, 4) is 17.6 Å². The number of nitrogens with zero attached hydrogens (tertiary/aromatic N) is 2. The zero-order valence-corrected chi connectivity index (χ0v) is 10.7. The molecule has 0 unspecified atom stereocenters. The van der Waals surface area contributed by atoms with Gasteiger partial charge in [-0.3, -0.25) is 4.79 Å². The van der Waals surface area contributed by atoms with E-state index in [2.05, 4.69) is 0 Å². The smallest absolute Gasteiger partial charge is 0.258 e. The van der Waals surface area contributed by atoms with Crippen molar-refractivity contribution < 1.29 is 14.6 Å². The van der Waals surface area contributed by atoms with Crippen molar-refractivity contribution in [2.45, 2.75) is 19.9 Å². The quantitative estimate of drug-likeness (QED) is 0.824. The Morgan fingerprint density at radius 3 is 2.72 bits per heavy atom. The average Bonchev–Trinajstić information content (AvgIpc) is 2.35. The molecular weight excluding hydrogens is 232 g/mol. The largest absolute Gasteiger partial charge is 0.507 e. The van der Waals surface area contributed by atoms with E-state index in [0.717, 1.165) is 0 Å². The van der Waals surface area contributed by atoms with Crippen molar-refractivity contribution in [3.63, 3.8) is 0 Å². The number of methoxy groups -OCH3 is 1. The molecule has 5 nitrogen and oxygen atoms in total. The van der Waals surface area contributed by atoms with Crippen LogP contribution < -0.4 is 4.74 Å². The van der Waals surface area contributed by atoms with E-state index in [1.165, 1.54) is 24.1 Å². The molecule has 0 spiro atoms. The number of aromatic hydroxyl groups is 1. The van der Waals surface area contributed by atoms with E-state index in [0.29, 0.717) is 5.75 Å². The van der Waals surface area contributed by atoms with Gasteiger partial charge in [-0.1, -0.05) is 0 Å². The standard InChI is InChI=1S/C13H16N2O3/c1-9(2)15(7-6-14)13(17)11-8-10(18-3)4-5-12(11)16/h4-5,8-9,16H,7H2,1-3H3. The third-order valence-corrected chi connectivity index (χ3v) is 2.56. The van der Waals surface area contributed by atoms with Gasteiger partial charge in [0, 0.05) is 6.04 Å². The van der Waals surface area contributed by atoms with Crippen LogP contribution in [0.15, 0.2) is 18.2 Å². The summed E-state index contributed by atoms with van der Waals surface area (Å²) in [4.78, 5) is 13.6. The molecule has 5 heteroatoms. The van der Waals surface area contributed by atoms with Crippen molar-refractivity contribution in [2.24, 2.45) is 0 Å². The summed E-state index contributed by atoms with van der Waals surface area (Å²) >= 11 is 0. The van der Waals surface area contributed by atoms with Gasteiger partial charge >= 0.3 is 0 Å². The van der Waals surface area contributed by atoms with E-state index in [1.54, 1.807) is 6.07 Å². The van der Waals surface area contributed by atoms with Crippen LogP contribution in [0.3, 0.4) is 0 Å². The van der Waals surface area contributed by atoms with Crippen LogP contribution in [-0.2, 0) is 0 Å². The maximum Gasteiger partial charge on any atom is 0.258 e. The summed E-state index contributed by atoms with van der Waals surface area (Å²) in [5.41, 5.74) is 0.137. The fraction of sp³-hybridized carbons (Fsp3) is 0.385.